The number of nitrogens with two attached hydrogens (primary N) is 1. The van der Waals surface area contributed by atoms with E-state index in [0.717, 1.165) is 25.5 Å². The van der Waals surface area contributed by atoms with Crippen LogP contribution in [0.5, 0.6) is 0 Å². The second-order valence-corrected chi connectivity index (χ2v) is 4.54. The van der Waals surface area contributed by atoms with Crippen LogP contribution in [0.2, 0.25) is 0 Å². The van der Waals surface area contributed by atoms with Gasteiger partial charge in [0.05, 0.1) is 0 Å². The van der Waals surface area contributed by atoms with Crippen molar-refractivity contribution in [3.8, 4) is 0 Å². The molecule has 0 unspecified atom stereocenters. The number of hydrogen-bond acceptors (Lipinski definition) is 2. The van der Waals surface area contributed by atoms with E-state index in [1.165, 1.54) is 6.07 Å². The molecule has 0 amide bonds. The Hall–Kier alpha value is -1.82. The topological polar surface area (TPSA) is 43.8 Å². The van der Waals surface area contributed by atoms with Crippen LogP contribution in [-0.2, 0) is 13.0 Å². The molecule has 0 saturated heterocycles. The standard InChI is InChI=1S/C14H16F3N3/c15-11-4-3-10(13(16)14(11)17)9-12-19-6-8-20(12)7-2-1-5-18/h3-4,6,8H,1-2,5,7,9,18H2. The predicted octanol–water partition coefficient (Wildman–Crippen LogP) is 2.63. The van der Waals surface area contributed by atoms with E-state index in [0.29, 0.717) is 12.4 Å². The summed E-state index contributed by atoms with van der Waals surface area (Å²) in [4.78, 5) is 4.13. The smallest absolute Gasteiger partial charge is 0.194 e. The van der Waals surface area contributed by atoms with Crippen molar-refractivity contribution in [3.63, 3.8) is 0 Å². The van der Waals surface area contributed by atoms with Gasteiger partial charge in [0.1, 0.15) is 5.82 Å². The average molecular weight is 283 g/mol. The number of rotatable bonds is 6. The lowest BCUT2D eigenvalue weighted by Crippen LogP contribution is -2.08. The van der Waals surface area contributed by atoms with Crippen molar-refractivity contribution in [1.82, 2.24) is 9.55 Å². The lowest BCUT2D eigenvalue weighted by Gasteiger charge is -2.08. The van der Waals surface area contributed by atoms with Crippen LogP contribution in [0.3, 0.4) is 0 Å². The highest BCUT2D eigenvalue weighted by atomic mass is 19.2. The minimum absolute atomic E-state index is 0.0928. The average Bonchev–Trinajstić information content (AvgIpc) is 2.87. The molecule has 0 spiro atoms. The van der Waals surface area contributed by atoms with Crippen LogP contribution in [0.15, 0.2) is 24.5 Å². The summed E-state index contributed by atoms with van der Waals surface area (Å²) in [6.07, 6.45) is 5.29. The third-order valence-corrected chi connectivity index (χ3v) is 3.12. The highest BCUT2D eigenvalue weighted by molar-refractivity contribution is 5.23. The fourth-order valence-corrected chi connectivity index (χ4v) is 2.01. The van der Waals surface area contributed by atoms with Gasteiger partial charge in [-0.2, -0.15) is 0 Å². The molecule has 0 fully saturated rings. The Morgan fingerprint density at radius 2 is 1.90 bits per heavy atom. The first-order valence-corrected chi connectivity index (χ1v) is 6.46. The molecule has 20 heavy (non-hydrogen) atoms. The second kappa shape index (κ2) is 6.56. The van der Waals surface area contributed by atoms with Gasteiger partial charge in [-0.05, 0) is 31.0 Å². The van der Waals surface area contributed by atoms with E-state index in [-0.39, 0.29) is 12.0 Å². The third-order valence-electron chi connectivity index (χ3n) is 3.12. The molecule has 0 atom stereocenters. The van der Waals surface area contributed by atoms with Crippen molar-refractivity contribution in [2.24, 2.45) is 5.73 Å². The number of nitrogens with zero attached hydrogens (tertiary/aromatic N) is 2. The minimum atomic E-state index is -1.44. The quantitative estimate of drug-likeness (QED) is 0.654. The summed E-state index contributed by atoms with van der Waals surface area (Å²) in [6.45, 7) is 1.33. The van der Waals surface area contributed by atoms with Crippen molar-refractivity contribution in [1.29, 1.82) is 0 Å². The summed E-state index contributed by atoms with van der Waals surface area (Å²) in [5, 5.41) is 0. The van der Waals surface area contributed by atoms with Crippen molar-refractivity contribution in [2.45, 2.75) is 25.8 Å². The second-order valence-electron chi connectivity index (χ2n) is 4.54. The highest BCUT2D eigenvalue weighted by Crippen LogP contribution is 2.18. The molecular formula is C14H16F3N3. The molecular weight excluding hydrogens is 267 g/mol. The summed E-state index contributed by atoms with van der Waals surface area (Å²) in [6, 6.07) is 2.17. The van der Waals surface area contributed by atoms with Crippen molar-refractivity contribution < 1.29 is 13.2 Å². The van der Waals surface area contributed by atoms with Gasteiger partial charge in [0, 0.05) is 25.4 Å². The Bertz CT molecular complexity index is 581. The van der Waals surface area contributed by atoms with Crippen LogP contribution in [0.4, 0.5) is 13.2 Å². The number of aromatic nitrogens is 2. The van der Waals surface area contributed by atoms with Gasteiger partial charge in [-0.1, -0.05) is 6.07 Å². The van der Waals surface area contributed by atoms with Gasteiger partial charge < -0.3 is 10.3 Å². The van der Waals surface area contributed by atoms with E-state index in [4.69, 9.17) is 5.73 Å². The van der Waals surface area contributed by atoms with Crippen molar-refractivity contribution in [2.75, 3.05) is 6.54 Å². The van der Waals surface area contributed by atoms with Gasteiger partial charge in [-0.25, -0.2) is 18.2 Å². The van der Waals surface area contributed by atoms with Crippen molar-refractivity contribution in [3.05, 3.63) is 53.4 Å². The molecule has 0 aliphatic rings. The highest BCUT2D eigenvalue weighted by Gasteiger charge is 2.15. The molecule has 1 aromatic heterocycles. The number of benzene rings is 1. The molecule has 6 heteroatoms. The maximum Gasteiger partial charge on any atom is 0.194 e. The Morgan fingerprint density at radius 1 is 1.10 bits per heavy atom. The SMILES string of the molecule is NCCCCn1ccnc1Cc1ccc(F)c(F)c1F. The fourth-order valence-electron chi connectivity index (χ4n) is 2.01. The van der Waals surface area contributed by atoms with E-state index < -0.39 is 17.5 Å². The van der Waals surface area contributed by atoms with E-state index in [1.807, 2.05) is 4.57 Å². The zero-order chi connectivity index (χ0) is 14.5. The maximum atomic E-state index is 13.6. The summed E-state index contributed by atoms with van der Waals surface area (Å²) in [5.41, 5.74) is 5.52. The number of aryl methyl sites for hydroxylation is 1. The molecule has 1 aromatic carbocycles. The number of imidazole rings is 1. The lowest BCUT2D eigenvalue weighted by atomic mass is 10.1. The van der Waals surface area contributed by atoms with Gasteiger partial charge in [0.15, 0.2) is 17.5 Å². The molecule has 108 valence electrons. The van der Waals surface area contributed by atoms with Crippen LogP contribution < -0.4 is 5.73 Å². The van der Waals surface area contributed by atoms with Crippen LogP contribution in [0.25, 0.3) is 0 Å². The monoisotopic (exact) mass is 283 g/mol. The van der Waals surface area contributed by atoms with Crippen LogP contribution >= 0.6 is 0 Å². The molecule has 0 aliphatic carbocycles. The molecule has 3 nitrogen and oxygen atoms in total. The first-order valence-electron chi connectivity index (χ1n) is 6.46. The van der Waals surface area contributed by atoms with Crippen LogP contribution in [0, 0.1) is 17.5 Å². The van der Waals surface area contributed by atoms with E-state index in [2.05, 4.69) is 4.98 Å². The first-order chi connectivity index (χ1) is 9.63. The fraction of sp³-hybridized carbons (Fsp3) is 0.357. The summed E-state index contributed by atoms with van der Waals surface area (Å²) >= 11 is 0. The van der Waals surface area contributed by atoms with Gasteiger partial charge in [0.25, 0.3) is 0 Å². The van der Waals surface area contributed by atoms with Gasteiger partial charge in [-0.15, -0.1) is 0 Å². The van der Waals surface area contributed by atoms with Gasteiger partial charge in [-0.3, -0.25) is 0 Å². The van der Waals surface area contributed by atoms with Crippen LogP contribution in [0.1, 0.15) is 24.2 Å². The third kappa shape index (κ3) is 3.19. The lowest BCUT2D eigenvalue weighted by molar-refractivity contribution is 0.441. The van der Waals surface area contributed by atoms with E-state index in [1.54, 1.807) is 12.4 Å². The molecule has 0 bridgehead atoms. The molecule has 0 aliphatic heterocycles. The van der Waals surface area contributed by atoms with Crippen molar-refractivity contribution >= 4 is 0 Å². The van der Waals surface area contributed by atoms with Gasteiger partial charge in [0.2, 0.25) is 0 Å². The maximum absolute atomic E-state index is 13.6. The molecule has 2 N–H and O–H groups in total. The number of halogens is 3. The molecule has 0 saturated carbocycles. The Labute approximate surface area is 115 Å². The normalized spacial score (nSPS) is 11.0. The molecule has 0 radical (unpaired) electrons. The molecule has 2 rings (SSSR count). The van der Waals surface area contributed by atoms with Gasteiger partial charge >= 0.3 is 0 Å². The minimum Gasteiger partial charge on any atom is -0.335 e. The molecule has 2 aromatic rings. The molecule has 1 heterocycles. The van der Waals surface area contributed by atoms with Crippen LogP contribution in [-0.4, -0.2) is 16.1 Å². The number of hydrogen-bond donors (Lipinski definition) is 1. The zero-order valence-electron chi connectivity index (χ0n) is 11.0. The Kier molecular flexibility index (Phi) is 4.79. The van der Waals surface area contributed by atoms with E-state index in [9.17, 15) is 13.2 Å². The largest absolute Gasteiger partial charge is 0.335 e. The summed E-state index contributed by atoms with van der Waals surface area (Å²) < 4.78 is 41.5. The number of unbranched alkanes of at least 4 members (excludes halogenated alkanes) is 1. The zero-order valence-corrected chi connectivity index (χ0v) is 11.0. The predicted molar refractivity (Wildman–Crippen MR) is 69.6 cm³/mol. The first kappa shape index (κ1) is 14.6. The van der Waals surface area contributed by atoms with E-state index >= 15 is 0 Å². The summed E-state index contributed by atoms with van der Waals surface area (Å²) in [7, 11) is 0. The Morgan fingerprint density at radius 3 is 2.65 bits per heavy atom. The Balaban J connectivity index is 2.14. The summed E-state index contributed by atoms with van der Waals surface area (Å²) in [5.74, 6) is -3.16.